The predicted octanol–water partition coefficient (Wildman–Crippen LogP) is 1.35. The first kappa shape index (κ1) is 11.1. The van der Waals surface area contributed by atoms with Crippen molar-refractivity contribution in [3.63, 3.8) is 0 Å². The molecule has 0 radical (unpaired) electrons. The van der Waals surface area contributed by atoms with E-state index in [9.17, 15) is 4.79 Å². The summed E-state index contributed by atoms with van der Waals surface area (Å²) in [5, 5.41) is 0. The van der Waals surface area contributed by atoms with Gasteiger partial charge in [-0.05, 0) is 18.9 Å². The van der Waals surface area contributed by atoms with Gasteiger partial charge in [0.1, 0.15) is 0 Å². The van der Waals surface area contributed by atoms with Crippen LogP contribution in [0, 0.1) is 0 Å². The Morgan fingerprint density at radius 1 is 1.44 bits per heavy atom. The van der Waals surface area contributed by atoms with Crippen LogP contribution in [0.25, 0.3) is 0 Å². The van der Waals surface area contributed by atoms with Gasteiger partial charge in [-0.3, -0.25) is 4.79 Å². The second-order valence-electron chi connectivity index (χ2n) is 4.47. The maximum atomic E-state index is 11.7. The summed E-state index contributed by atoms with van der Waals surface area (Å²) in [6.45, 7) is 3.39. The Kier molecular flexibility index (Phi) is 3.25. The topological polar surface area (TPSA) is 46.3 Å². The molecule has 16 heavy (non-hydrogen) atoms. The van der Waals surface area contributed by atoms with Gasteiger partial charge in [0.2, 0.25) is 5.91 Å². The van der Waals surface area contributed by atoms with Gasteiger partial charge in [-0.25, -0.2) is 0 Å². The zero-order chi connectivity index (χ0) is 11.5. The van der Waals surface area contributed by atoms with Gasteiger partial charge in [-0.15, -0.1) is 0 Å². The maximum Gasteiger partial charge on any atom is 0.239 e. The van der Waals surface area contributed by atoms with Gasteiger partial charge < -0.3 is 10.6 Å². The second kappa shape index (κ2) is 4.66. The lowest BCUT2D eigenvalue weighted by atomic mass is 9.99. The minimum Gasteiger partial charge on any atom is -0.341 e. The van der Waals surface area contributed by atoms with E-state index in [1.165, 1.54) is 5.56 Å². The van der Waals surface area contributed by atoms with Crippen LogP contribution in [0.2, 0.25) is 0 Å². The van der Waals surface area contributed by atoms with E-state index in [1.807, 2.05) is 23.1 Å². The number of amides is 1. The summed E-state index contributed by atoms with van der Waals surface area (Å²) >= 11 is 0. The number of nitrogens with two attached hydrogens (primary N) is 1. The zero-order valence-electron chi connectivity index (χ0n) is 9.60. The zero-order valence-corrected chi connectivity index (χ0v) is 9.60. The lowest BCUT2D eigenvalue weighted by Crippen LogP contribution is -2.40. The third-order valence-electron chi connectivity index (χ3n) is 3.16. The molecule has 1 aliphatic rings. The van der Waals surface area contributed by atoms with Gasteiger partial charge in [-0.1, -0.05) is 30.3 Å². The van der Waals surface area contributed by atoms with Crippen LogP contribution in [-0.4, -0.2) is 29.9 Å². The summed E-state index contributed by atoms with van der Waals surface area (Å²) < 4.78 is 0. The Morgan fingerprint density at radius 3 is 2.75 bits per heavy atom. The smallest absolute Gasteiger partial charge is 0.239 e. The van der Waals surface area contributed by atoms with Gasteiger partial charge in [0, 0.05) is 19.0 Å². The molecule has 3 nitrogen and oxygen atoms in total. The summed E-state index contributed by atoms with van der Waals surface area (Å²) in [6.07, 6.45) is 1.04. The highest BCUT2D eigenvalue weighted by molar-refractivity contribution is 5.81. The van der Waals surface area contributed by atoms with Crippen LogP contribution in [0.1, 0.15) is 24.8 Å². The maximum absolute atomic E-state index is 11.7. The number of likely N-dealkylation sites (tertiary alicyclic amines) is 1. The van der Waals surface area contributed by atoms with E-state index in [4.69, 9.17) is 5.73 Å². The Balaban J connectivity index is 2.01. The molecule has 2 rings (SSSR count). The van der Waals surface area contributed by atoms with Crippen LogP contribution < -0.4 is 5.73 Å². The number of carbonyl (C=O) groups excluding carboxylic acids is 1. The van der Waals surface area contributed by atoms with Crippen LogP contribution in [-0.2, 0) is 4.79 Å². The molecule has 1 saturated heterocycles. The number of hydrogen-bond donors (Lipinski definition) is 1. The summed E-state index contributed by atoms with van der Waals surface area (Å²) in [7, 11) is 0. The van der Waals surface area contributed by atoms with Gasteiger partial charge in [0.15, 0.2) is 0 Å². The Bertz CT molecular complexity index is 361. The number of rotatable bonds is 2. The molecule has 0 aromatic heterocycles. The number of nitrogens with zero attached hydrogens (tertiary/aromatic N) is 1. The molecule has 1 aromatic carbocycles. The standard InChI is InChI=1S/C13H18N2O/c1-10(14)13(16)15-8-7-12(9-15)11-5-3-2-4-6-11/h2-6,10,12H,7-9,14H2,1H3/t10-,12?/m0/s1. The molecule has 1 unspecified atom stereocenters. The van der Waals surface area contributed by atoms with Crippen molar-refractivity contribution in [2.45, 2.75) is 25.3 Å². The van der Waals surface area contributed by atoms with E-state index < -0.39 is 0 Å². The summed E-state index contributed by atoms with van der Waals surface area (Å²) in [5.41, 5.74) is 6.93. The molecule has 3 heteroatoms. The lowest BCUT2D eigenvalue weighted by molar-refractivity contribution is -0.131. The Morgan fingerprint density at radius 2 is 2.12 bits per heavy atom. The van der Waals surface area contributed by atoms with Crippen LogP contribution in [0.4, 0.5) is 0 Å². The van der Waals surface area contributed by atoms with Crippen molar-refractivity contribution >= 4 is 5.91 Å². The van der Waals surface area contributed by atoms with Gasteiger partial charge >= 0.3 is 0 Å². The Labute approximate surface area is 96.2 Å². The van der Waals surface area contributed by atoms with Crippen LogP contribution in [0.5, 0.6) is 0 Å². The first-order chi connectivity index (χ1) is 7.68. The minimum atomic E-state index is -0.380. The molecule has 1 aromatic rings. The first-order valence-corrected chi connectivity index (χ1v) is 5.78. The molecular formula is C13H18N2O. The molecule has 0 saturated carbocycles. The van der Waals surface area contributed by atoms with E-state index in [1.54, 1.807) is 6.92 Å². The predicted molar refractivity (Wildman–Crippen MR) is 64.0 cm³/mol. The Hall–Kier alpha value is -1.35. The highest BCUT2D eigenvalue weighted by Crippen LogP contribution is 2.26. The quantitative estimate of drug-likeness (QED) is 0.814. The molecule has 1 amide bonds. The van der Waals surface area contributed by atoms with Crippen molar-refractivity contribution in [1.29, 1.82) is 0 Å². The van der Waals surface area contributed by atoms with Gasteiger partial charge in [0.25, 0.3) is 0 Å². The molecule has 0 aliphatic carbocycles. The molecular weight excluding hydrogens is 200 g/mol. The molecule has 2 N–H and O–H groups in total. The summed E-state index contributed by atoms with van der Waals surface area (Å²) in [6, 6.07) is 9.99. The second-order valence-corrected chi connectivity index (χ2v) is 4.47. The average molecular weight is 218 g/mol. The molecule has 0 spiro atoms. The minimum absolute atomic E-state index is 0.0680. The van der Waals surface area contributed by atoms with Crippen LogP contribution in [0.15, 0.2) is 30.3 Å². The highest BCUT2D eigenvalue weighted by Gasteiger charge is 2.28. The van der Waals surface area contributed by atoms with Crippen LogP contribution >= 0.6 is 0 Å². The van der Waals surface area contributed by atoms with Crippen molar-refractivity contribution in [2.24, 2.45) is 5.73 Å². The van der Waals surface area contributed by atoms with Crippen molar-refractivity contribution in [3.8, 4) is 0 Å². The van der Waals surface area contributed by atoms with E-state index >= 15 is 0 Å². The van der Waals surface area contributed by atoms with E-state index in [0.29, 0.717) is 5.92 Å². The normalized spacial score (nSPS) is 22.1. The first-order valence-electron chi connectivity index (χ1n) is 5.78. The van der Waals surface area contributed by atoms with Gasteiger partial charge in [0.05, 0.1) is 6.04 Å². The molecule has 2 atom stereocenters. The third-order valence-corrected chi connectivity index (χ3v) is 3.16. The molecule has 0 bridgehead atoms. The summed E-state index contributed by atoms with van der Waals surface area (Å²) in [5.74, 6) is 0.544. The van der Waals surface area contributed by atoms with E-state index in [-0.39, 0.29) is 11.9 Å². The molecule has 86 valence electrons. The number of carbonyl (C=O) groups is 1. The number of benzene rings is 1. The fraction of sp³-hybridized carbons (Fsp3) is 0.462. The summed E-state index contributed by atoms with van der Waals surface area (Å²) in [4.78, 5) is 13.6. The third kappa shape index (κ3) is 2.25. The van der Waals surface area contributed by atoms with Crippen molar-refractivity contribution < 1.29 is 4.79 Å². The lowest BCUT2D eigenvalue weighted by Gasteiger charge is -2.18. The molecule has 1 heterocycles. The van der Waals surface area contributed by atoms with E-state index in [2.05, 4.69) is 12.1 Å². The monoisotopic (exact) mass is 218 g/mol. The average Bonchev–Trinajstić information content (AvgIpc) is 2.78. The van der Waals surface area contributed by atoms with Crippen molar-refractivity contribution in [2.75, 3.05) is 13.1 Å². The molecule has 1 aliphatic heterocycles. The van der Waals surface area contributed by atoms with Crippen molar-refractivity contribution in [1.82, 2.24) is 4.90 Å². The fourth-order valence-corrected chi connectivity index (χ4v) is 2.25. The fourth-order valence-electron chi connectivity index (χ4n) is 2.25. The van der Waals surface area contributed by atoms with Crippen LogP contribution in [0.3, 0.4) is 0 Å². The largest absolute Gasteiger partial charge is 0.341 e. The molecule has 1 fully saturated rings. The number of hydrogen-bond acceptors (Lipinski definition) is 2. The van der Waals surface area contributed by atoms with Crippen molar-refractivity contribution in [3.05, 3.63) is 35.9 Å². The van der Waals surface area contributed by atoms with Gasteiger partial charge in [-0.2, -0.15) is 0 Å². The highest BCUT2D eigenvalue weighted by atomic mass is 16.2. The van der Waals surface area contributed by atoms with E-state index in [0.717, 1.165) is 19.5 Å². The SMILES string of the molecule is C[C@H](N)C(=O)N1CCC(c2ccccc2)C1.